The Morgan fingerprint density at radius 2 is 1.72 bits per heavy atom. The van der Waals surface area contributed by atoms with E-state index in [2.05, 4.69) is 31.1 Å². The first-order chi connectivity index (χ1) is 14.1. The van der Waals surface area contributed by atoms with Gasteiger partial charge in [0.1, 0.15) is 0 Å². The molecule has 1 aromatic rings. The van der Waals surface area contributed by atoms with Gasteiger partial charge in [0, 0.05) is 51.7 Å². The number of aryl methyl sites for hydroxylation is 1. The summed E-state index contributed by atoms with van der Waals surface area (Å²) < 4.78 is 7.42. The topological polar surface area (TPSA) is 78.8 Å². The van der Waals surface area contributed by atoms with Gasteiger partial charge in [0.15, 0.2) is 0 Å². The van der Waals surface area contributed by atoms with E-state index in [-0.39, 0.29) is 6.04 Å². The highest BCUT2D eigenvalue weighted by Crippen LogP contribution is 2.23. The molecule has 3 heterocycles. The van der Waals surface area contributed by atoms with Crippen LogP contribution in [0.2, 0.25) is 0 Å². The van der Waals surface area contributed by atoms with E-state index >= 15 is 0 Å². The third kappa shape index (κ3) is 6.55. The molecule has 3 rings (SSSR count). The lowest BCUT2D eigenvalue weighted by molar-refractivity contribution is -0.139. The van der Waals surface area contributed by atoms with Gasteiger partial charge in [0.25, 0.3) is 0 Å². The summed E-state index contributed by atoms with van der Waals surface area (Å²) in [5.74, 6) is -1.11. The Morgan fingerprint density at radius 3 is 2.38 bits per heavy atom. The summed E-state index contributed by atoms with van der Waals surface area (Å²) in [7, 11) is 2.03. The van der Waals surface area contributed by atoms with Crippen molar-refractivity contribution in [1.29, 1.82) is 0 Å². The standard InChI is InChI=1S/C21H35N5O3/c1-24-9-6-7-18(24)19(26-10-4-2-3-5-11-26)17-23-21(28)20(27)22-8-12-25-13-15-29-16-14-25/h6-7,9,19H,2-5,8,10-17H2,1H3,(H,22,27)(H,23,28)/t19-/m1/s1. The number of carbonyl (C=O) groups is 2. The summed E-state index contributed by atoms with van der Waals surface area (Å²) in [6.07, 6.45) is 6.90. The maximum atomic E-state index is 12.4. The SMILES string of the molecule is Cn1cccc1[C@@H](CNC(=O)C(=O)NCCN1CCOCC1)N1CCCCCC1. The van der Waals surface area contributed by atoms with Crippen LogP contribution in [0.4, 0.5) is 0 Å². The summed E-state index contributed by atoms with van der Waals surface area (Å²) in [5, 5.41) is 5.60. The van der Waals surface area contributed by atoms with Crippen molar-refractivity contribution in [2.45, 2.75) is 31.7 Å². The number of morpholine rings is 1. The van der Waals surface area contributed by atoms with E-state index in [1.165, 1.54) is 31.4 Å². The molecule has 2 saturated heterocycles. The Bertz CT molecular complexity index is 648. The quantitative estimate of drug-likeness (QED) is 0.646. The minimum absolute atomic E-state index is 0.0817. The Labute approximate surface area is 173 Å². The Balaban J connectivity index is 1.49. The van der Waals surface area contributed by atoms with Crippen molar-refractivity contribution in [2.24, 2.45) is 7.05 Å². The molecule has 29 heavy (non-hydrogen) atoms. The fourth-order valence-corrected chi connectivity index (χ4v) is 4.15. The maximum absolute atomic E-state index is 12.4. The van der Waals surface area contributed by atoms with Crippen molar-refractivity contribution in [1.82, 2.24) is 25.0 Å². The predicted molar refractivity (Wildman–Crippen MR) is 111 cm³/mol. The third-order valence-corrected chi connectivity index (χ3v) is 5.89. The number of nitrogens with one attached hydrogen (secondary N) is 2. The second-order valence-corrected chi connectivity index (χ2v) is 7.93. The van der Waals surface area contributed by atoms with Crippen LogP contribution in [-0.4, -0.2) is 85.2 Å². The lowest BCUT2D eigenvalue weighted by Gasteiger charge is -2.31. The molecule has 0 radical (unpaired) electrons. The highest BCUT2D eigenvalue weighted by molar-refractivity contribution is 6.35. The van der Waals surface area contributed by atoms with Crippen LogP contribution in [0.1, 0.15) is 37.4 Å². The predicted octanol–water partition coefficient (Wildman–Crippen LogP) is 0.507. The molecule has 0 bridgehead atoms. The summed E-state index contributed by atoms with van der Waals surface area (Å²) in [4.78, 5) is 29.2. The van der Waals surface area contributed by atoms with Crippen LogP contribution < -0.4 is 10.6 Å². The van der Waals surface area contributed by atoms with Gasteiger partial charge in [-0.1, -0.05) is 12.8 Å². The molecule has 0 aliphatic carbocycles. The third-order valence-electron chi connectivity index (χ3n) is 5.89. The number of hydrogen-bond acceptors (Lipinski definition) is 5. The zero-order chi connectivity index (χ0) is 20.5. The van der Waals surface area contributed by atoms with Gasteiger partial charge in [-0.05, 0) is 38.1 Å². The van der Waals surface area contributed by atoms with E-state index in [0.717, 1.165) is 45.9 Å². The lowest BCUT2D eigenvalue weighted by atomic mass is 10.1. The number of aromatic nitrogens is 1. The average molecular weight is 406 g/mol. The number of likely N-dealkylation sites (tertiary alicyclic amines) is 1. The van der Waals surface area contributed by atoms with Crippen LogP contribution in [0.3, 0.4) is 0 Å². The smallest absolute Gasteiger partial charge is 0.309 e. The molecule has 0 aromatic carbocycles. The molecule has 162 valence electrons. The van der Waals surface area contributed by atoms with Gasteiger partial charge in [-0.25, -0.2) is 0 Å². The molecular weight excluding hydrogens is 370 g/mol. The first-order valence-electron chi connectivity index (χ1n) is 10.9. The molecule has 8 heteroatoms. The molecule has 8 nitrogen and oxygen atoms in total. The Kier molecular flexibility index (Phi) is 8.52. The summed E-state index contributed by atoms with van der Waals surface area (Å²) in [6.45, 7) is 6.90. The maximum Gasteiger partial charge on any atom is 0.309 e. The highest BCUT2D eigenvalue weighted by Gasteiger charge is 2.25. The Morgan fingerprint density at radius 1 is 1.03 bits per heavy atom. The van der Waals surface area contributed by atoms with Gasteiger partial charge in [0.05, 0.1) is 19.3 Å². The van der Waals surface area contributed by atoms with Crippen LogP contribution in [0.5, 0.6) is 0 Å². The molecule has 2 aliphatic heterocycles. The van der Waals surface area contributed by atoms with E-state index in [4.69, 9.17) is 4.74 Å². The van der Waals surface area contributed by atoms with E-state index in [1.54, 1.807) is 0 Å². The number of ether oxygens (including phenoxy) is 1. The van der Waals surface area contributed by atoms with Crippen LogP contribution in [0, 0.1) is 0 Å². The van der Waals surface area contributed by atoms with Crippen molar-refractivity contribution in [3.63, 3.8) is 0 Å². The molecule has 2 fully saturated rings. The summed E-state index contributed by atoms with van der Waals surface area (Å²) in [5.41, 5.74) is 1.17. The van der Waals surface area contributed by atoms with Crippen LogP contribution in [0.15, 0.2) is 18.3 Å². The second-order valence-electron chi connectivity index (χ2n) is 7.93. The second kappa shape index (κ2) is 11.3. The molecule has 0 spiro atoms. The van der Waals surface area contributed by atoms with E-state index in [9.17, 15) is 9.59 Å². The fourth-order valence-electron chi connectivity index (χ4n) is 4.15. The van der Waals surface area contributed by atoms with Crippen molar-refractivity contribution < 1.29 is 14.3 Å². The minimum Gasteiger partial charge on any atom is -0.379 e. The normalized spacial score (nSPS) is 20.0. The van der Waals surface area contributed by atoms with Crippen molar-refractivity contribution in [3.05, 3.63) is 24.0 Å². The van der Waals surface area contributed by atoms with E-state index in [0.29, 0.717) is 13.1 Å². The first-order valence-corrected chi connectivity index (χ1v) is 10.9. The summed E-state index contributed by atoms with van der Waals surface area (Å²) in [6, 6.07) is 4.21. The van der Waals surface area contributed by atoms with Crippen molar-refractivity contribution in [3.8, 4) is 0 Å². The average Bonchev–Trinajstić information content (AvgIpc) is 2.99. The molecular formula is C21H35N5O3. The van der Waals surface area contributed by atoms with E-state index in [1.807, 2.05) is 19.3 Å². The van der Waals surface area contributed by atoms with Crippen LogP contribution >= 0.6 is 0 Å². The first kappa shape index (κ1) is 21.8. The zero-order valence-corrected chi connectivity index (χ0v) is 17.6. The van der Waals surface area contributed by atoms with Crippen LogP contribution in [0.25, 0.3) is 0 Å². The number of rotatable bonds is 7. The van der Waals surface area contributed by atoms with Crippen molar-refractivity contribution in [2.75, 3.05) is 59.0 Å². The number of carbonyl (C=O) groups excluding carboxylic acids is 2. The number of amides is 2. The fraction of sp³-hybridized carbons (Fsp3) is 0.714. The zero-order valence-electron chi connectivity index (χ0n) is 17.6. The summed E-state index contributed by atoms with van der Waals surface area (Å²) >= 11 is 0. The largest absolute Gasteiger partial charge is 0.379 e. The van der Waals surface area contributed by atoms with Crippen LogP contribution in [-0.2, 0) is 21.4 Å². The van der Waals surface area contributed by atoms with E-state index < -0.39 is 11.8 Å². The number of nitrogens with zero attached hydrogens (tertiary/aromatic N) is 3. The van der Waals surface area contributed by atoms with Crippen molar-refractivity contribution >= 4 is 11.8 Å². The van der Waals surface area contributed by atoms with Gasteiger partial charge in [-0.3, -0.25) is 19.4 Å². The minimum atomic E-state index is -0.556. The molecule has 0 unspecified atom stereocenters. The molecule has 1 atom stereocenters. The molecule has 2 amide bonds. The molecule has 2 aliphatic rings. The Hall–Kier alpha value is -1.90. The molecule has 2 N–H and O–H groups in total. The van der Waals surface area contributed by atoms with Gasteiger partial charge in [-0.2, -0.15) is 0 Å². The van der Waals surface area contributed by atoms with Gasteiger partial charge in [-0.15, -0.1) is 0 Å². The lowest BCUT2D eigenvalue weighted by Crippen LogP contribution is -2.47. The molecule has 0 saturated carbocycles. The van der Waals surface area contributed by atoms with Gasteiger partial charge in [0.2, 0.25) is 0 Å². The van der Waals surface area contributed by atoms with Gasteiger partial charge >= 0.3 is 11.8 Å². The van der Waals surface area contributed by atoms with Gasteiger partial charge < -0.3 is 19.9 Å². The highest BCUT2D eigenvalue weighted by atomic mass is 16.5. The monoisotopic (exact) mass is 405 g/mol. The molecule has 1 aromatic heterocycles. The number of hydrogen-bond donors (Lipinski definition) is 2.